The van der Waals surface area contributed by atoms with Crippen LogP contribution in [0.1, 0.15) is 26.3 Å². The Morgan fingerprint density at radius 3 is 2.42 bits per heavy atom. The summed E-state index contributed by atoms with van der Waals surface area (Å²) in [5, 5.41) is 10.7. The van der Waals surface area contributed by atoms with Crippen LogP contribution in [0.5, 0.6) is 5.75 Å². The maximum Gasteiger partial charge on any atom is 0.339 e. The van der Waals surface area contributed by atoms with E-state index < -0.39 is 29.6 Å². The summed E-state index contributed by atoms with van der Waals surface area (Å²) in [6.45, 7) is 5.67. The molecule has 0 unspecified atom stereocenters. The van der Waals surface area contributed by atoms with Gasteiger partial charge in [0.2, 0.25) is 11.4 Å². The fourth-order valence-corrected chi connectivity index (χ4v) is 3.74. The molecule has 6 nitrogen and oxygen atoms in total. The molecule has 2 heterocycles. The van der Waals surface area contributed by atoms with E-state index in [4.69, 9.17) is 9.47 Å². The van der Waals surface area contributed by atoms with Crippen molar-refractivity contribution in [2.45, 2.75) is 45.1 Å². The van der Waals surface area contributed by atoms with Crippen LogP contribution in [-0.2, 0) is 20.9 Å². The molecule has 0 bridgehead atoms. The lowest BCUT2D eigenvalue weighted by atomic mass is 9.75. The first kappa shape index (κ1) is 16.8. The zero-order valence-electron chi connectivity index (χ0n) is 14.4. The summed E-state index contributed by atoms with van der Waals surface area (Å²) in [7, 11) is 1.59. The van der Waals surface area contributed by atoms with Crippen LogP contribution in [0.2, 0.25) is 0 Å². The van der Waals surface area contributed by atoms with Crippen LogP contribution >= 0.6 is 0 Å². The van der Waals surface area contributed by atoms with E-state index in [1.54, 1.807) is 26.2 Å². The van der Waals surface area contributed by atoms with Gasteiger partial charge in [0.25, 0.3) is 0 Å². The van der Waals surface area contributed by atoms with Gasteiger partial charge in [-0.3, -0.25) is 4.79 Å². The molecule has 3 rings (SSSR count). The molecule has 1 amide bonds. The van der Waals surface area contributed by atoms with Crippen molar-refractivity contribution in [2.24, 2.45) is 11.8 Å². The highest BCUT2D eigenvalue weighted by Crippen LogP contribution is 2.49. The molecule has 4 atom stereocenters. The minimum Gasteiger partial charge on any atom is -0.497 e. The van der Waals surface area contributed by atoms with Crippen molar-refractivity contribution in [3.8, 4) is 5.75 Å². The number of esters is 1. The molecule has 1 aromatic rings. The molecule has 2 fully saturated rings. The van der Waals surface area contributed by atoms with Gasteiger partial charge >= 0.3 is 5.97 Å². The predicted molar refractivity (Wildman–Crippen MR) is 86.2 cm³/mol. The van der Waals surface area contributed by atoms with E-state index in [9.17, 15) is 14.7 Å². The van der Waals surface area contributed by atoms with Gasteiger partial charge < -0.3 is 19.5 Å². The Bertz CT molecular complexity index is 656. The third kappa shape index (κ3) is 2.13. The highest BCUT2D eigenvalue weighted by molar-refractivity contribution is 5.99. The van der Waals surface area contributed by atoms with Gasteiger partial charge in [-0.25, -0.2) is 4.79 Å². The lowest BCUT2D eigenvalue weighted by Gasteiger charge is -2.50. The van der Waals surface area contributed by atoms with Crippen molar-refractivity contribution in [1.82, 2.24) is 4.90 Å². The van der Waals surface area contributed by atoms with Gasteiger partial charge in [-0.15, -0.1) is 0 Å². The topological polar surface area (TPSA) is 76.1 Å². The summed E-state index contributed by atoms with van der Waals surface area (Å²) in [5.74, 6) is -0.579. The van der Waals surface area contributed by atoms with Crippen LogP contribution < -0.4 is 4.74 Å². The van der Waals surface area contributed by atoms with Crippen LogP contribution in [-0.4, -0.2) is 46.7 Å². The molecule has 1 N–H and O–H groups in total. The SMILES string of the molecule is COc1ccc(CN2C(=O)[C@H](C)[C@@H]3OC(=O)[C@]32[C@@H](O)C(C)C)cc1. The van der Waals surface area contributed by atoms with Crippen LogP contribution in [0.4, 0.5) is 0 Å². The van der Waals surface area contributed by atoms with Gasteiger partial charge in [-0.1, -0.05) is 26.0 Å². The number of hydrogen-bond acceptors (Lipinski definition) is 5. The maximum atomic E-state index is 12.7. The lowest BCUT2D eigenvalue weighted by molar-refractivity contribution is -0.223. The molecule has 0 spiro atoms. The van der Waals surface area contributed by atoms with E-state index >= 15 is 0 Å². The second kappa shape index (κ2) is 5.77. The smallest absolute Gasteiger partial charge is 0.339 e. The zero-order chi connectivity index (χ0) is 17.6. The van der Waals surface area contributed by atoms with Crippen molar-refractivity contribution < 1.29 is 24.2 Å². The van der Waals surface area contributed by atoms with Crippen molar-refractivity contribution in [2.75, 3.05) is 7.11 Å². The number of carbonyl (C=O) groups excluding carboxylic acids is 2. The molecule has 2 saturated heterocycles. The van der Waals surface area contributed by atoms with E-state index in [1.807, 2.05) is 26.0 Å². The quantitative estimate of drug-likeness (QED) is 0.823. The number of likely N-dealkylation sites (tertiary alicyclic amines) is 1. The van der Waals surface area contributed by atoms with E-state index in [-0.39, 0.29) is 18.4 Å². The third-order valence-corrected chi connectivity index (χ3v) is 5.13. The molecular weight excluding hydrogens is 310 g/mol. The molecule has 2 aliphatic heterocycles. The number of hydrogen-bond donors (Lipinski definition) is 1. The minimum atomic E-state index is -1.27. The predicted octanol–water partition coefficient (Wildman–Crippen LogP) is 1.35. The number of amides is 1. The number of nitrogens with zero attached hydrogens (tertiary/aromatic N) is 1. The number of methoxy groups -OCH3 is 1. The van der Waals surface area contributed by atoms with Gasteiger partial charge in [0.15, 0.2) is 0 Å². The van der Waals surface area contributed by atoms with Crippen molar-refractivity contribution in [3.05, 3.63) is 29.8 Å². The standard InChI is InChI=1S/C18H23NO5/c1-10(2)14(20)18-15(24-17(18)22)11(3)16(21)19(18)9-12-5-7-13(23-4)8-6-12/h5-8,10-11,14-15,20H,9H2,1-4H3/t11-,14+,15+,18+/m1/s1. The number of ether oxygens (including phenoxy) is 2. The number of aliphatic hydroxyl groups excluding tert-OH is 1. The van der Waals surface area contributed by atoms with Gasteiger partial charge in [0.1, 0.15) is 11.9 Å². The van der Waals surface area contributed by atoms with Gasteiger partial charge in [0.05, 0.1) is 19.1 Å². The number of fused-ring (bicyclic) bond motifs is 1. The highest BCUT2D eigenvalue weighted by atomic mass is 16.6. The molecule has 0 radical (unpaired) electrons. The number of benzene rings is 1. The number of aliphatic hydroxyl groups is 1. The third-order valence-electron chi connectivity index (χ3n) is 5.13. The summed E-state index contributed by atoms with van der Waals surface area (Å²) in [6, 6.07) is 7.32. The summed E-state index contributed by atoms with van der Waals surface area (Å²) >= 11 is 0. The highest BCUT2D eigenvalue weighted by Gasteiger charge is 2.74. The van der Waals surface area contributed by atoms with E-state index in [2.05, 4.69) is 0 Å². The fraction of sp³-hybridized carbons (Fsp3) is 0.556. The summed E-state index contributed by atoms with van der Waals surface area (Å²) < 4.78 is 10.4. The fourth-order valence-electron chi connectivity index (χ4n) is 3.74. The second-order valence-corrected chi connectivity index (χ2v) is 6.90. The Hall–Kier alpha value is -2.08. The van der Waals surface area contributed by atoms with Crippen molar-refractivity contribution >= 4 is 11.9 Å². The van der Waals surface area contributed by atoms with Crippen LogP contribution in [0.3, 0.4) is 0 Å². The first-order valence-corrected chi connectivity index (χ1v) is 8.17. The molecule has 2 aliphatic rings. The van der Waals surface area contributed by atoms with Gasteiger partial charge in [-0.2, -0.15) is 0 Å². The Morgan fingerprint density at radius 2 is 1.92 bits per heavy atom. The van der Waals surface area contributed by atoms with Crippen LogP contribution in [0.15, 0.2) is 24.3 Å². The van der Waals surface area contributed by atoms with Crippen molar-refractivity contribution in [1.29, 1.82) is 0 Å². The average Bonchev–Trinajstić information content (AvgIpc) is 2.73. The van der Waals surface area contributed by atoms with E-state index in [1.165, 1.54) is 4.90 Å². The summed E-state index contributed by atoms with van der Waals surface area (Å²) in [4.78, 5) is 26.6. The Labute approximate surface area is 141 Å². The van der Waals surface area contributed by atoms with E-state index in [0.29, 0.717) is 0 Å². The molecule has 24 heavy (non-hydrogen) atoms. The summed E-state index contributed by atoms with van der Waals surface area (Å²) in [5.41, 5.74) is -0.406. The molecule has 0 saturated carbocycles. The lowest BCUT2D eigenvalue weighted by Crippen LogP contribution is -2.74. The Kier molecular flexibility index (Phi) is 4.03. The zero-order valence-corrected chi connectivity index (χ0v) is 14.4. The maximum absolute atomic E-state index is 12.7. The van der Waals surface area contributed by atoms with Crippen LogP contribution in [0.25, 0.3) is 0 Å². The Balaban J connectivity index is 1.96. The first-order chi connectivity index (χ1) is 11.3. The largest absolute Gasteiger partial charge is 0.497 e. The minimum absolute atomic E-state index is 0.165. The first-order valence-electron chi connectivity index (χ1n) is 8.17. The molecule has 1 aromatic carbocycles. The van der Waals surface area contributed by atoms with E-state index in [0.717, 1.165) is 11.3 Å². The molecule has 6 heteroatoms. The molecule has 0 aromatic heterocycles. The second-order valence-electron chi connectivity index (χ2n) is 6.90. The van der Waals surface area contributed by atoms with Crippen molar-refractivity contribution in [3.63, 3.8) is 0 Å². The number of carbonyl (C=O) groups is 2. The van der Waals surface area contributed by atoms with Gasteiger partial charge in [0, 0.05) is 6.54 Å². The molecular formula is C18H23NO5. The average molecular weight is 333 g/mol. The van der Waals surface area contributed by atoms with Crippen LogP contribution in [0, 0.1) is 11.8 Å². The van der Waals surface area contributed by atoms with Gasteiger partial charge in [-0.05, 0) is 30.5 Å². The Morgan fingerprint density at radius 1 is 1.29 bits per heavy atom. The molecule has 0 aliphatic carbocycles. The monoisotopic (exact) mass is 333 g/mol. The number of rotatable bonds is 5. The summed E-state index contributed by atoms with van der Waals surface area (Å²) in [6.07, 6.45) is -1.55. The normalized spacial score (nSPS) is 30.0. The molecule has 130 valence electrons.